The van der Waals surface area contributed by atoms with E-state index in [4.69, 9.17) is 11.6 Å². The van der Waals surface area contributed by atoms with Crippen LogP contribution in [0.1, 0.15) is 18.4 Å². The number of piperidine rings is 1. The van der Waals surface area contributed by atoms with Gasteiger partial charge in [-0.15, -0.1) is 0 Å². The van der Waals surface area contributed by atoms with Gasteiger partial charge in [-0.3, -0.25) is 0 Å². The summed E-state index contributed by atoms with van der Waals surface area (Å²) < 4.78 is 38.0. The third-order valence-corrected chi connectivity index (χ3v) is 4.23. The van der Waals surface area contributed by atoms with Crippen LogP contribution in [0.3, 0.4) is 0 Å². The summed E-state index contributed by atoms with van der Waals surface area (Å²) in [4.78, 5) is 1.93. The van der Waals surface area contributed by atoms with Crippen molar-refractivity contribution in [2.75, 3.05) is 19.6 Å². The van der Waals surface area contributed by atoms with Crippen LogP contribution in [-0.4, -0.2) is 41.4 Å². The molecule has 1 saturated heterocycles. The Morgan fingerprint density at radius 2 is 1.80 bits per heavy atom. The zero-order valence-corrected chi connectivity index (χ0v) is 11.7. The van der Waals surface area contributed by atoms with Crippen LogP contribution < -0.4 is 0 Å². The Bertz CT molecular complexity index is 456. The fraction of sp³-hybridized carbons (Fsp3) is 0.571. The lowest BCUT2D eigenvalue weighted by Gasteiger charge is -2.39. The maximum Gasteiger partial charge on any atom is 0.417 e. The van der Waals surface area contributed by atoms with Crippen molar-refractivity contribution in [2.45, 2.75) is 31.0 Å². The highest BCUT2D eigenvalue weighted by Gasteiger charge is 2.54. The van der Waals surface area contributed by atoms with Crippen molar-refractivity contribution in [3.05, 3.63) is 34.9 Å². The van der Waals surface area contributed by atoms with Gasteiger partial charge in [-0.2, -0.15) is 13.2 Å². The topological polar surface area (TPSA) is 23.5 Å². The van der Waals surface area contributed by atoms with Gasteiger partial charge in [0.15, 0.2) is 5.60 Å². The van der Waals surface area contributed by atoms with Crippen molar-refractivity contribution in [1.29, 1.82) is 0 Å². The van der Waals surface area contributed by atoms with Crippen LogP contribution in [0.5, 0.6) is 0 Å². The third kappa shape index (κ3) is 3.45. The number of hydrogen-bond donors (Lipinski definition) is 1. The maximum absolute atomic E-state index is 12.7. The summed E-state index contributed by atoms with van der Waals surface area (Å²) in [6, 6.07) is 7.45. The summed E-state index contributed by atoms with van der Waals surface area (Å²) in [5.74, 6) is 0. The lowest BCUT2D eigenvalue weighted by Crippen LogP contribution is -2.53. The van der Waals surface area contributed by atoms with Crippen molar-refractivity contribution in [1.82, 2.24) is 4.90 Å². The molecule has 0 atom stereocenters. The molecule has 0 unspecified atom stereocenters. The molecule has 1 aromatic carbocycles. The predicted molar refractivity (Wildman–Crippen MR) is 71.8 cm³/mol. The zero-order chi connectivity index (χ0) is 14.8. The van der Waals surface area contributed by atoms with E-state index in [9.17, 15) is 18.3 Å². The molecule has 1 aromatic rings. The van der Waals surface area contributed by atoms with Gasteiger partial charge < -0.3 is 10.0 Å². The molecule has 0 amide bonds. The lowest BCUT2D eigenvalue weighted by atomic mass is 9.90. The second-order valence-electron chi connectivity index (χ2n) is 5.21. The minimum Gasteiger partial charge on any atom is -0.380 e. The van der Waals surface area contributed by atoms with Crippen LogP contribution in [0.2, 0.25) is 5.02 Å². The van der Waals surface area contributed by atoms with Gasteiger partial charge in [0.05, 0.1) is 0 Å². The first-order valence-electron chi connectivity index (χ1n) is 6.57. The van der Waals surface area contributed by atoms with Crippen LogP contribution in [0.4, 0.5) is 13.2 Å². The third-order valence-electron chi connectivity index (χ3n) is 3.87. The van der Waals surface area contributed by atoms with Gasteiger partial charge in [0.25, 0.3) is 0 Å². The predicted octanol–water partition coefficient (Wildman–Crippen LogP) is 3.27. The van der Waals surface area contributed by atoms with Crippen molar-refractivity contribution in [2.24, 2.45) is 0 Å². The molecule has 0 bridgehead atoms. The molecule has 1 N–H and O–H groups in total. The van der Waals surface area contributed by atoms with Gasteiger partial charge in [0.1, 0.15) is 0 Å². The maximum atomic E-state index is 12.7. The normalized spacial score (nSPS) is 20.1. The summed E-state index contributed by atoms with van der Waals surface area (Å²) in [6.07, 6.45) is -4.37. The molecule has 0 aromatic heterocycles. The first-order valence-corrected chi connectivity index (χ1v) is 6.94. The molecule has 112 valence electrons. The quantitative estimate of drug-likeness (QED) is 0.926. The number of hydrogen-bond acceptors (Lipinski definition) is 2. The van der Waals surface area contributed by atoms with Crippen molar-refractivity contribution in [3.63, 3.8) is 0 Å². The standard InChI is InChI=1S/C14H17ClF3NO/c15-12-4-2-1-3-11(12)5-8-19-9-6-13(20,7-10-19)14(16,17)18/h1-4,20H,5-10H2. The van der Waals surface area contributed by atoms with Crippen molar-refractivity contribution >= 4 is 11.6 Å². The van der Waals surface area contributed by atoms with Crippen molar-refractivity contribution in [3.8, 4) is 0 Å². The average molecular weight is 308 g/mol. The Morgan fingerprint density at radius 1 is 1.20 bits per heavy atom. The molecule has 20 heavy (non-hydrogen) atoms. The number of rotatable bonds is 3. The van der Waals surface area contributed by atoms with E-state index in [0.29, 0.717) is 18.0 Å². The zero-order valence-electron chi connectivity index (χ0n) is 11.0. The van der Waals surface area contributed by atoms with E-state index in [1.807, 2.05) is 23.1 Å². The first-order chi connectivity index (χ1) is 9.32. The number of aliphatic hydroxyl groups is 1. The molecule has 2 nitrogen and oxygen atoms in total. The van der Waals surface area contributed by atoms with E-state index in [2.05, 4.69) is 0 Å². The Hall–Kier alpha value is -0.780. The van der Waals surface area contributed by atoms with E-state index in [1.54, 1.807) is 6.07 Å². The highest BCUT2D eigenvalue weighted by Crippen LogP contribution is 2.38. The smallest absolute Gasteiger partial charge is 0.380 e. The Balaban J connectivity index is 1.85. The number of halogens is 4. The second kappa shape index (κ2) is 5.92. The molecule has 1 fully saturated rings. The molecule has 0 radical (unpaired) electrons. The summed E-state index contributed by atoms with van der Waals surface area (Å²) in [6.45, 7) is 1.15. The number of alkyl halides is 3. The number of nitrogens with zero attached hydrogens (tertiary/aromatic N) is 1. The van der Waals surface area contributed by atoms with E-state index in [0.717, 1.165) is 5.56 Å². The van der Waals surface area contributed by atoms with Crippen LogP contribution >= 0.6 is 11.6 Å². The highest BCUT2D eigenvalue weighted by molar-refractivity contribution is 6.31. The van der Waals surface area contributed by atoms with Gasteiger partial charge in [-0.05, 0) is 30.9 Å². The molecule has 0 saturated carbocycles. The van der Waals surface area contributed by atoms with E-state index >= 15 is 0 Å². The number of likely N-dealkylation sites (tertiary alicyclic amines) is 1. The van der Waals surface area contributed by atoms with Crippen LogP contribution in [0.25, 0.3) is 0 Å². The minimum atomic E-state index is -4.54. The molecular weight excluding hydrogens is 291 g/mol. The average Bonchev–Trinajstić information content (AvgIpc) is 2.38. The fourth-order valence-corrected chi connectivity index (χ4v) is 2.64. The van der Waals surface area contributed by atoms with Gasteiger partial charge in [-0.25, -0.2) is 0 Å². The van der Waals surface area contributed by atoms with Crippen LogP contribution in [-0.2, 0) is 6.42 Å². The molecule has 1 aliphatic heterocycles. The summed E-state index contributed by atoms with van der Waals surface area (Å²) in [7, 11) is 0. The summed E-state index contributed by atoms with van der Waals surface area (Å²) >= 11 is 6.04. The molecule has 1 heterocycles. The molecule has 2 rings (SSSR count). The largest absolute Gasteiger partial charge is 0.417 e. The highest BCUT2D eigenvalue weighted by atomic mass is 35.5. The SMILES string of the molecule is OC1(C(F)(F)F)CCN(CCc2ccccc2Cl)CC1. The van der Waals surface area contributed by atoms with E-state index < -0.39 is 11.8 Å². The van der Waals surface area contributed by atoms with E-state index in [1.165, 1.54) is 0 Å². The second-order valence-corrected chi connectivity index (χ2v) is 5.62. The van der Waals surface area contributed by atoms with Gasteiger partial charge in [0, 0.05) is 24.7 Å². The van der Waals surface area contributed by atoms with Crippen molar-refractivity contribution < 1.29 is 18.3 Å². The molecule has 6 heteroatoms. The Morgan fingerprint density at radius 3 is 2.35 bits per heavy atom. The van der Waals surface area contributed by atoms with E-state index in [-0.39, 0.29) is 25.9 Å². The monoisotopic (exact) mass is 307 g/mol. The summed E-state index contributed by atoms with van der Waals surface area (Å²) in [5, 5.41) is 10.3. The minimum absolute atomic E-state index is 0.250. The van der Waals surface area contributed by atoms with Gasteiger partial charge in [0.2, 0.25) is 0 Å². The molecule has 1 aliphatic rings. The first kappa shape index (κ1) is 15.6. The van der Waals surface area contributed by atoms with Crippen LogP contribution in [0.15, 0.2) is 24.3 Å². The van der Waals surface area contributed by atoms with Crippen LogP contribution in [0, 0.1) is 0 Å². The Kier molecular flexibility index (Phi) is 4.62. The molecule has 0 aliphatic carbocycles. The summed E-state index contributed by atoms with van der Waals surface area (Å²) in [5.41, 5.74) is -1.53. The lowest BCUT2D eigenvalue weighted by molar-refractivity contribution is -0.272. The Labute approximate surface area is 121 Å². The molecule has 0 spiro atoms. The van der Waals surface area contributed by atoms with Gasteiger partial charge in [-0.1, -0.05) is 29.8 Å². The number of benzene rings is 1. The van der Waals surface area contributed by atoms with Gasteiger partial charge >= 0.3 is 6.18 Å². The molecular formula is C14H17ClF3NO. The fourth-order valence-electron chi connectivity index (χ4n) is 2.41.